The van der Waals surface area contributed by atoms with Crippen LogP contribution in [0, 0.1) is 17.5 Å². The predicted octanol–water partition coefficient (Wildman–Crippen LogP) is 4.23. The Labute approximate surface area is 98.9 Å². The van der Waals surface area contributed by atoms with Crippen LogP contribution in [0.1, 0.15) is 25.7 Å². The van der Waals surface area contributed by atoms with Crippen LogP contribution >= 0.6 is 0 Å². The van der Waals surface area contributed by atoms with Gasteiger partial charge >= 0.3 is 0 Å². The van der Waals surface area contributed by atoms with Crippen LogP contribution in [0.3, 0.4) is 0 Å². The van der Waals surface area contributed by atoms with Crippen molar-refractivity contribution in [3.8, 4) is 5.75 Å². The van der Waals surface area contributed by atoms with E-state index in [9.17, 15) is 13.2 Å². The highest BCUT2D eigenvalue weighted by Crippen LogP contribution is 2.22. The monoisotopic (exact) mass is 244 g/mol. The summed E-state index contributed by atoms with van der Waals surface area (Å²) in [7, 11) is 0. The Morgan fingerprint density at radius 2 is 1.82 bits per heavy atom. The second kappa shape index (κ2) is 6.99. The van der Waals surface area contributed by atoms with E-state index in [0.717, 1.165) is 37.8 Å². The molecule has 0 aliphatic carbocycles. The van der Waals surface area contributed by atoms with Crippen molar-refractivity contribution >= 4 is 0 Å². The fourth-order valence-corrected chi connectivity index (χ4v) is 1.37. The van der Waals surface area contributed by atoms with Crippen molar-refractivity contribution in [3.05, 3.63) is 42.2 Å². The van der Waals surface area contributed by atoms with Gasteiger partial charge in [0.25, 0.3) is 0 Å². The van der Waals surface area contributed by atoms with Crippen molar-refractivity contribution in [1.82, 2.24) is 0 Å². The Morgan fingerprint density at radius 1 is 1.06 bits per heavy atom. The van der Waals surface area contributed by atoms with E-state index < -0.39 is 17.5 Å². The third-order valence-corrected chi connectivity index (χ3v) is 2.31. The average Bonchev–Trinajstić information content (AvgIpc) is 2.33. The fourth-order valence-electron chi connectivity index (χ4n) is 1.37. The van der Waals surface area contributed by atoms with Crippen molar-refractivity contribution < 1.29 is 17.9 Å². The molecular formula is C13H15F3O. The molecule has 0 spiro atoms. The molecule has 94 valence electrons. The SMILES string of the molecule is C=CCCCCCOc1ccc(F)c(F)c1F. The number of hydrogen-bond acceptors (Lipinski definition) is 1. The van der Waals surface area contributed by atoms with E-state index in [0.29, 0.717) is 6.61 Å². The molecule has 1 nitrogen and oxygen atoms in total. The van der Waals surface area contributed by atoms with Crippen molar-refractivity contribution in [3.63, 3.8) is 0 Å². The summed E-state index contributed by atoms with van der Waals surface area (Å²) in [5.74, 6) is -4.21. The first-order valence-electron chi connectivity index (χ1n) is 5.54. The highest BCUT2D eigenvalue weighted by molar-refractivity contribution is 5.26. The molecule has 0 N–H and O–H groups in total. The summed E-state index contributed by atoms with van der Waals surface area (Å²) in [6.45, 7) is 3.89. The zero-order valence-corrected chi connectivity index (χ0v) is 9.52. The molecule has 1 rings (SSSR count). The van der Waals surface area contributed by atoms with Gasteiger partial charge in [0.05, 0.1) is 6.61 Å². The van der Waals surface area contributed by atoms with Crippen LogP contribution in [0.15, 0.2) is 24.8 Å². The topological polar surface area (TPSA) is 9.23 Å². The molecule has 0 fully saturated rings. The summed E-state index contributed by atoms with van der Waals surface area (Å²) >= 11 is 0. The molecule has 0 bridgehead atoms. The van der Waals surface area contributed by atoms with Crippen LogP contribution < -0.4 is 4.74 Å². The van der Waals surface area contributed by atoms with Crippen LogP contribution in [-0.4, -0.2) is 6.61 Å². The first-order valence-corrected chi connectivity index (χ1v) is 5.54. The quantitative estimate of drug-likeness (QED) is 0.396. The zero-order valence-electron chi connectivity index (χ0n) is 9.52. The lowest BCUT2D eigenvalue weighted by molar-refractivity contribution is 0.282. The second-order valence-corrected chi connectivity index (χ2v) is 3.66. The summed E-state index contributed by atoms with van der Waals surface area (Å²) in [5.41, 5.74) is 0. The Morgan fingerprint density at radius 3 is 2.53 bits per heavy atom. The number of benzene rings is 1. The zero-order chi connectivity index (χ0) is 12.7. The number of halogens is 3. The fraction of sp³-hybridized carbons (Fsp3) is 0.385. The Hall–Kier alpha value is -1.45. The van der Waals surface area contributed by atoms with E-state index in [2.05, 4.69) is 6.58 Å². The molecule has 0 aromatic heterocycles. The van der Waals surface area contributed by atoms with Crippen molar-refractivity contribution in [2.75, 3.05) is 6.61 Å². The number of ether oxygens (including phenoxy) is 1. The van der Waals surface area contributed by atoms with E-state index in [1.807, 2.05) is 6.08 Å². The second-order valence-electron chi connectivity index (χ2n) is 3.66. The first kappa shape index (κ1) is 13.6. The van der Waals surface area contributed by atoms with E-state index in [1.165, 1.54) is 0 Å². The van der Waals surface area contributed by atoms with Crippen molar-refractivity contribution in [2.45, 2.75) is 25.7 Å². The lowest BCUT2D eigenvalue weighted by Gasteiger charge is -2.07. The third-order valence-electron chi connectivity index (χ3n) is 2.31. The molecule has 0 heterocycles. The van der Waals surface area contributed by atoms with Crippen LogP contribution in [0.4, 0.5) is 13.2 Å². The molecule has 0 unspecified atom stereocenters. The molecular weight excluding hydrogens is 229 g/mol. The Bertz CT molecular complexity index is 377. The number of rotatable bonds is 7. The van der Waals surface area contributed by atoms with Gasteiger partial charge in [-0.15, -0.1) is 6.58 Å². The molecule has 17 heavy (non-hydrogen) atoms. The summed E-state index contributed by atoms with van der Waals surface area (Å²) < 4.78 is 43.6. The molecule has 0 saturated carbocycles. The average molecular weight is 244 g/mol. The standard InChI is InChI=1S/C13H15F3O/c1-2-3-4-5-6-9-17-11-8-7-10(14)12(15)13(11)16/h2,7-8H,1,3-6,9H2. The molecule has 0 atom stereocenters. The molecule has 0 amide bonds. The number of hydrogen-bond donors (Lipinski definition) is 0. The van der Waals surface area contributed by atoms with Gasteiger partial charge in [0.2, 0.25) is 5.82 Å². The Balaban J connectivity index is 2.37. The minimum Gasteiger partial charge on any atom is -0.490 e. The van der Waals surface area contributed by atoms with Gasteiger partial charge in [0.1, 0.15) is 0 Å². The van der Waals surface area contributed by atoms with Crippen molar-refractivity contribution in [1.29, 1.82) is 0 Å². The molecule has 0 aliphatic heterocycles. The van der Waals surface area contributed by atoms with Crippen LogP contribution in [-0.2, 0) is 0 Å². The maximum absolute atomic E-state index is 13.1. The lowest BCUT2D eigenvalue weighted by atomic mass is 10.2. The third kappa shape index (κ3) is 4.13. The molecule has 1 aromatic rings. The van der Waals surface area contributed by atoms with E-state index in [4.69, 9.17) is 4.74 Å². The lowest BCUT2D eigenvalue weighted by Crippen LogP contribution is -2.01. The maximum Gasteiger partial charge on any atom is 0.203 e. The highest BCUT2D eigenvalue weighted by Gasteiger charge is 2.13. The predicted molar refractivity (Wildman–Crippen MR) is 60.5 cm³/mol. The molecule has 0 aliphatic rings. The van der Waals surface area contributed by atoms with E-state index in [1.54, 1.807) is 0 Å². The largest absolute Gasteiger partial charge is 0.490 e. The van der Waals surface area contributed by atoms with Gasteiger partial charge in [0, 0.05) is 0 Å². The molecule has 4 heteroatoms. The van der Waals surface area contributed by atoms with Gasteiger partial charge in [-0.3, -0.25) is 0 Å². The maximum atomic E-state index is 13.1. The summed E-state index contributed by atoms with van der Waals surface area (Å²) in [6.07, 6.45) is 5.42. The smallest absolute Gasteiger partial charge is 0.203 e. The van der Waals surface area contributed by atoms with Crippen LogP contribution in [0.25, 0.3) is 0 Å². The molecule has 0 radical (unpaired) electrons. The number of allylic oxidation sites excluding steroid dienone is 1. The van der Waals surface area contributed by atoms with Crippen LogP contribution in [0.5, 0.6) is 5.75 Å². The highest BCUT2D eigenvalue weighted by atomic mass is 19.2. The van der Waals surface area contributed by atoms with Gasteiger partial charge in [-0.25, -0.2) is 8.78 Å². The molecule has 0 saturated heterocycles. The van der Waals surface area contributed by atoms with Crippen molar-refractivity contribution in [2.24, 2.45) is 0 Å². The van der Waals surface area contributed by atoms with Crippen LogP contribution in [0.2, 0.25) is 0 Å². The van der Waals surface area contributed by atoms with Gasteiger partial charge in [-0.1, -0.05) is 6.08 Å². The molecule has 1 aromatic carbocycles. The minimum atomic E-state index is -1.49. The first-order chi connectivity index (χ1) is 8.16. The normalized spacial score (nSPS) is 10.3. The summed E-state index contributed by atoms with van der Waals surface area (Å²) in [4.78, 5) is 0. The van der Waals surface area contributed by atoms with E-state index >= 15 is 0 Å². The van der Waals surface area contributed by atoms with Gasteiger partial charge in [0.15, 0.2) is 17.4 Å². The minimum absolute atomic E-state index is 0.243. The summed E-state index contributed by atoms with van der Waals surface area (Å²) in [6, 6.07) is 1.95. The van der Waals surface area contributed by atoms with Gasteiger partial charge in [-0.2, -0.15) is 4.39 Å². The van der Waals surface area contributed by atoms with Gasteiger partial charge in [-0.05, 0) is 37.8 Å². The Kier molecular flexibility index (Phi) is 5.60. The summed E-state index contributed by atoms with van der Waals surface area (Å²) in [5, 5.41) is 0. The number of unbranched alkanes of at least 4 members (excludes halogenated alkanes) is 3. The van der Waals surface area contributed by atoms with Gasteiger partial charge < -0.3 is 4.74 Å². The van der Waals surface area contributed by atoms with E-state index in [-0.39, 0.29) is 5.75 Å².